The number of nitrogens with zero attached hydrogens (tertiary/aromatic N) is 1. The number of carbonyl (C=O) groups excluding carboxylic acids is 1. The molecule has 1 fully saturated rings. The number of carbonyl (C=O) groups is 2. The van der Waals surface area contributed by atoms with Crippen LogP contribution in [0, 0.1) is 0 Å². The lowest BCUT2D eigenvalue weighted by atomic mass is 9.92. The number of carboxylic acid groups (broad SMARTS) is 1. The highest BCUT2D eigenvalue weighted by Crippen LogP contribution is 2.33. The molecule has 0 aromatic carbocycles. The van der Waals surface area contributed by atoms with Gasteiger partial charge in [-0.25, -0.2) is 4.79 Å². The average molecular weight is 256 g/mol. The molecule has 0 aromatic heterocycles. The lowest BCUT2D eigenvalue weighted by molar-refractivity contribution is -0.157. The standard InChI is InChI=1S/C13H24N2O3/c1-3-6-10(14)9-11(16)15-8-5-7-13(15,4-2)12(17)18/h10H,3-9,14H2,1-2H3,(H,17,18). The molecule has 5 heteroatoms. The van der Waals surface area contributed by atoms with Crippen molar-refractivity contribution >= 4 is 11.9 Å². The minimum Gasteiger partial charge on any atom is -0.479 e. The summed E-state index contributed by atoms with van der Waals surface area (Å²) in [7, 11) is 0. The molecule has 1 heterocycles. The van der Waals surface area contributed by atoms with Gasteiger partial charge in [-0.15, -0.1) is 0 Å². The van der Waals surface area contributed by atoms with Gasteiger partial charge in [0, 0.05) is 19.0 Å². The maximum atomic E-state index is 12.2. The van der Waals surface area contributed by atoms with Gasteiger partial charge in [-0.2, -0.15) is 0 Å². The van der Waals surface area contributed by atoms with Crippen molar-refractivity contribution in [1.29, 1.82) is 0 Å². The number of rotatable bonds is 6. The Bertz CT molecular complexity index is 319. The van der Waals surface area contributed by atoms with E-state index >= 15 is 0 Å². The predicted molar refractivity (Wildman–Crippen MR) is 69.1 cm³/mol. The zero-order valence-corrected chi connectivity index (χ0v) is 11.3. The number of nitrogens with two attached hydrogens (primary N) is 1. The quantitative estimate of drug-likeness (QED) is 0.751. The third-order valence-corrected chi connectivity index (χ3v) is 3.87. The zero-order chi connectivity index (χ0) is 13.8. The molecule has 1 saturated heterocycles. The number of hydrogen-bond acceptors (Lipinski definition) is 3. The molecule has 2 atom stereocenters. The summed E-state index contributed by atoms with van der Waals surface area (Å²) in [5.74, 6) is -1.00. The van der Waals surface area contributed by atoms with Crippen LogP contribution in [0.4, 0.5) is 0 Å². The lowest BCUT2D eigenvalue weighted by Gasteiger charge is -2.34. The van der Waals surface area contributed by atoms with Gasteiger partial charge in [0.1, 0.15) is 5.54 Å². The van der Waals surface area contributed by atoms with Gasteiger partial charge in [0.15, 0.2) is 0 Å². The lowest BCUT2D eigenvalue weighted by Crippen LogP contribution is -2.53. The molecule has 18 heavy (non-hydrogen) atoms. The van der Waals surface area contributed by atoms with Crippen LogP contribution in [-0.4, -0.2) is 40.0 Å². The van der Waals surface area contributed by atoms with E-state index in [1.165, 1.54) is 4.90 Å². The largest absolute Gasteiger partial charge is 0.479 e. The second kappa shape index (κ2) is 6.18. The number of amides is 1. The first-order chi connectivity index (χ1) is 8.47. The Balaban J connectivity index is 2.75. The summed E-state index contributed by atoms with van der Waals surface area (Å²) in [5.41, 5.74) is 4.87. The van der Waals surface area contributed by atoms with Crippen LogP contribution >= 0.6 is 0 Å². The maximum absolute atomic E-state index is 12.2. The molecule has 5 nitrogen and oxygen atoms in total. The molecule has 0 radical (unpaired) electrons. The van der Waals surface area contributed by atoms with E-state index in [-0.39, 0.29) is 18.4 Å². The van der Waals surface area contributed by atoms with E-state index in [2.05, 4.69) is 0 Å². The number of hydrogen-bond donors (Lipinski definition) is 2. The Morgan fingerprint density at radius 3 is 2.61 bits per heavy atom. The Morgan fingerprint density at radius 1 is 1.44 bits per heavy atom. The van der Waals surface area contributed by atoms with E-state index in [0.717, 1.165) is 19.3 Å². The Labute approximate surface area is 108 Å². The van der Waals surface area contributed by atoms with Crippen LogP contribution in [0.2, 0.25) is 0 Å². The van der Waals surface area contributed by atoms with Crippen molar-refractivity contribution < 1.29 is 14.7 Å². The van der Waals surface area contributed by atoms with Crippen molar-refractivity contribution in [3.63, 3.8) is 0 Å². The molecule has 0 aliphatic carbocycles. The number of aliphatic carboxylic acids is 1. The van der Waals surface area contributed by atoms with Crippen molar-refractivity contribution in [2.24, 2.45) is 5.73 Å². The van der Waals surface area contributed by atoms with Crippen molar-refractivity contribution in [3.8, 4) is 0 Å². The van der Waals surface area contributed by atoms with Crippen LogP contribution < -0.4 is 5.73 Å². The molecule has 0 aromatic rings. The molecule has 1 amide bonds. The third-order valence-electron chi connectivity index (χ3n) is 3.87. The van der Waals surface area contributed by atoms with E-state index in [4.69, 9.17) is 5.73 Å². The number of carboxylic acids is 1. The molecule has 2 unspecified atom stereocenters. The minimum absolute atomic E-state index is 0.113. The maximum Gasteiger partial charge on any atom is 0.329 e. The number of likely N-dealkylation sites (tertiary alicyclic amines) is 1. The minimum atomic E-state index is -0.997. The fourth-order valence-corrected chi connectivity index (χ4v) is 2.79. The van der Waals surface area contributed by atoms with E-state index in [0.29, 0.717) is 19.4 Å². The fourth-order valence-electron chi connectivity index (χ4n) is 2.79. The molecule has 3 N–H and O–H groups in total. The van der Waals surface area contributed by atoms with E-state index in [1.54, 1.807) is 0 Å². The molecular weight excluding hydrogens is 232 g/mol. The molecule has 0 spiro atoms. The Kier molecular flexibility index (Phi) is 5.14. The molecule has 104 valence electrons. The SMILES string of the molecule is CCCC(N)CC(=O)N1CCCC1(CC)C(=O)O. The van der Waals surface area contributed by atoms with E-state index in [9.17, 15) is 14.7 Å². The topological polar surface area (TPSA) is 83.6 Å². The van der Waals surface area contributed by atoms with Crippen molar-refractivity contribution in [1.82, 2.24) is 4.90 Å². The monoisotopic (exact) mass is 256 g/mol. The molecule has 1 aliphatic rings. The highest BCUT2D eigenvalue weighted by atomic mass is 16.4. The van der Waals surface area contributed by atoms with E-state index in [1.807, 2.05) is 13.8 Å². The zero-order valence-electron chi connectivity index (χ0n) is 11.3. The molecule has 0 saturated carbocycles. The highest BCUT2D eigenvalue weighted by molar-refractivity contribution is 5.88. The van der Waals surface area contributed by atoms with Gasteiger partial charge >= 0.3 is 5.97 Å². The van der Waals surface area contributed by atoms with Gasteiger partial charge < -0.3 is 15.7 Å². The second-order valence-corrected chi connectivity index (χ2v) is 5.09. The smallest absolute Gasteiger partial charge is 0.329 e. The van der Waals surface area contributed by atoms with Gasteiger partial charge in [-0.1, -0.05) is 20.3 Å². The van der Waals surface area contributed by atoms with Crippen LogP contribution in [0.5, 0.6) is 0 Å². The summed E-state index contributed by atoms with van der Waals surface area (Å²) in [6.45, 7) is 4.39. The Hall–Kier alpha value is -1.10. The van der Waals surface area contributed by atoms with Crippen LogP contribution in [0.15, 0.2) is 0 Å². The summed E-state index contributed by atoms with van der Waals surface area (Å²) in [4.78, 5) is 25.2. The summed E-state index contributed by atoms with van der Waals surface area (Å²) in [6.07, 6.45) is 3.75. The average Bonchev–Trinajstić information content (AvgIpc) is 2.73. The first kappa shape index (κ1) is 15.0. The van der Waals surface area contributed by atoms with E-state index < -0.39 is 11.5 Å². The molecule has 0 bridgehead atoms. The van der Waals surface area contributed by atoms with Crippen LogP contribution in [0.3, 0.4) is 0 Å². The predicted octanol–water partition coefficient (Wildman–Crippen LogP) is 1.36. The van der Waals surface area contributed by atoms with Crippen molar-refractivity contribution in [2.75, 3.05) is 6.54 Å². The van der Waals surface area contributed by atoms with Crippen molar-refractivity contribution in [2.45, 2.75) is 64.0 Å². The fraction of sp³-hybridized carbons (Fsp3) is 0.846. The normalized spacial score (nSPS) is 25.2. The summed E-state index contributed by atoms with van der Waals surface area (Å²) >= 11 is 0. The molecular formula is C13H24N2O3. The van der Waals surface area contributed by atoms with Gasteiger partial charge in [-0.3, -0.25) is 4.79 Å². The first-order valence-corrected chi connectivity index (χ1v) is 6.77. The van der Waals surface area contributed by atoms with Crippen LogP contribution in [-0.2, 0) is 9.59 Å². The van der Waals surface area contributed by atoms with Crippen LogP contribution in [0.25, 0.3) is 0 Å². The van der Waals surface area contributed by atoms with Gasteiger partial charge in [-0.05, 0) is 25.7 Å². The summed E-state index contributed by atoms with van der Waals surface area (Å²) in [6, 6.07) is -0.161. The van der Waals surface area contributed by atoms with Gasteiger partial charge in [0.25, 0.3) is 0 Å². The van der Waals surface area contributed by atoms with Gasteiger partial charge in [0.2, 0.25) is 5.91 Å². The molecule has 1 rings (SSSR count). The summed E-state index contributed by atoms with van der Waals surface area (Å²) in [5, 5.41) is 9.40. The third kappa shape index (κ3) is 2.83. The van der Waals surface area contributed by atoms with Gasteiger partial charge in [0.05, 0.1) is 0 Å². The highest BCUT2D eigenvalue weighted by Gasteiger charge is 2.48. The van der Waals surface area contributed by atoms with Crippen molar-refractivity contribution in [3.05, 3.63) is 0 Å². The second-order valence-electron chi connectivity index (χ2n) is 5.09. The first-order valence-electron chi connectivity index (χ1n) is 6.77. The Morgan fingerprint density at radius 2 is 2.11 bits per heavy atom. The molecule has 1 aliphatic heterocycles. The summed E-state index contributed by atoms with van der Waals surface area (Å²) < 4.78 is 0. The van der Waals surface area contributed by atoms with Crippen LogP contribution in [0.1, 0.15) is 52.4 Å².